The van der Waals surface area contributed by atoms with Gasteiger partial charge in [0.05, 0.1) is 0 Å². The summed E-state index contributed by atoms with van der Waals surface area (Å²) in [6.45, 7) is 0. The van der Waals surface area contributed by atoms with Gasteiger partial charge in [-0.25, -0.2) is 0 Å². The van der Waals surface area contributed by atoms with Crippen molar-refractivity contribution in [1.29, 1.82) is 0 Å². The van der Waals surface area contributed by atoms with Crippen LogP contribution in [0.4, 0.5) is 5.69 Å². The largest absolute Gasteiger partial charge is 0.324 e. The molecule has 0 aliphatic carbocycles. The second-order valence-electron chi connectivity index (χ2n) is 3.09. The van der Waals surface area contributed by atoms with E-state index >= 15 is 0 Å². The van der Waals surface area contributed by atoms with Crippen LogP contribution in [-0.4, -0.2) is 0 Å². The lowest BCUT2D eigenvalue weighted by molar-refractivity contribution is 1.35. The number of hydrogen-bond acceptors (Lipinski definition) is 2. The van der Waals surface area contributed by atoms with Gasteiger partial charge >= 0.3 is 0 Å². The molecule has 0 amide bonds. The summed E-state index contributed by atoms with van der Waals surface area (Å²) >= 11 is 0. The number of nitrogen functional groups attached to an aromatic ring is 1. The minimum absolute atomic E-state index is 0. The zero-order chi connectivity index (χ0) is 9.80. The lowest BCUT2D eigenvalue weighted by atomic mass is 10.1. The summed E-state index contributed by atoms with van der Waals surface area (Å²) in [4.78, 5) is 0. The topological polar surface area (TPSA) is 38.0 Å². The zero-order valence-corrected chi connectivity index (χ0v) is 9.00. The number of hydrogen-bond donors (Lipinski definition) is 2. The minimum atomic E-state index is 0. The highest BCUT2D eigenvalue weighted by Crippen LogP contribution is 2.20. The van der Waals surface area contributed by atoms with Crippen LogP contribution in [0, 0.1) is 0 Å². The second kappa shape index (κ2) is 5.39. The molecule has 0 aliphatic rings. The van der Waals surface area contributed by atoms with Gasteiger partial charge in [-0.15, -0.1) is 12.4 Å². The maximum Gasteiger partial charge on any atom is 0.0485 e. The molecule has 2 rings (SSSR count). The van der Waals surface area contributed by atoms with Crippen molar-refractivity contribution in [3.8, 4) is 11.1 Å². The van der Waals surface area contributed by atoms with Crippen LogP contribution in [0.1, 0.15) is 0 Å². The molecule has 0 heterocycles. The van der Waals surface area contributed by atoms with Gasteiger partial charge in [0.15, 0.2) is 0 Å². The fraction of sp³-hybridized carbons (Fsp3) is 0. The van der Waals surface area contributed by atoms with Crippen molar-refractivity contribution < 1.29 is 0 Å². The summed E-state index contributed by atoms with van der Waals surface area (Å²) in [6, 6.07) is 18.3. The third kappa shape index (κ3) is 2.72. The van der Waals surface area contributed by atoms with E-state index in [2.05, 4.69) is 17.6 Å². The first-order chi connectivity index (χ1) is 6.90. The molecule has 0 bridgehead atoms. The Morgan fingerprint density at radius 2 is 1.27 bits per heavy atom. The number of hydrazine groups is 1. The van der Waals surface area contributed by atoms with E-state index in [-0.39, 0.29) is 12.4 Å². The molecule has 0 aromatic heterocycles. The summed E-state index contributed by atoms with van der Waals surface area (Å²) in [5, 5.41) is 0. The normalized spacial score (nSPS) is 9.13. The molecule has 0 spiro atoms. The van der Waals surface area contributed by atoms with E-state index in [9.17, 15) is 0 Å². The van der Waals surface area contributed by atoms with E-state index in [1.807, 2.05) is 42.5 Å². The molecule has 0 saturated heterocycles. The summed E-state index contributed by atoms with van der Waals surface area (Å²) in [6.07, 6.45) is 0. The Hall–Kier alpha value is -1.51. The van der Waals surface area contributed by atoms with Crippen molar-refractivity contribution >= 4 is 18.1 Å². The Morgan fingerprint density at radius 1 is 0.733 bits per heavy atom. The molecule has 0 unspecified atom stereocenters. The molecule has 0 radical (unpaired) electrons. The van der Waals surface area contributed by atoms with Gasteiger partial charge in [-0.2, -0.15) is 0 Å². The van der Waals surface area contributed by atoms with Crippen LogP contribution in [-0.2, 0) is 0 Å². The molecule has 15 heavy (non-hydrogen) atoms. The predicted molar refractivity (Wildman–Crippen MR) is 66.9 cm³/mol. The Morgan fingerprint density at radius 3 is 1.80 bits per heavy atom. The quantitative estimate of drug-likeness (QED) is 0.603. The molecule has 2 aromatic rings. The van der Waals surface area contributed by atoms with Crippen LogP contribution in [0.5, 0.6) is 0 Å². The first-order valence-electron chi connectivity index (χ1n) is 4.52. The van der Waals surface area contributed by atoms with Crippen LogP contribution in [0.25, 0.3) is 11.1 Å². The maximum absolute atomic E-state index is 5.29. The smallest absolute Gasteiger partial charge is 0.0485 e. The number of nitrogens with one attached hydrogen (secondary N) is 1. The van der Waals surface area contributed by atoms with Gasteiger partial charge < -0.3 is 5.43 Å². The van der Waals surface area contributed by atoms with E-state index in [4.69, 9.17) is 5.84 Å². The van der Waals surface area contributed by atoms with Gasteiger partial charge in [-0.3, -0.25) is 5.84 Å². The monoisotopic (exact) mass is 220 g/mol. The SMILES string of the molecule is Cl.NNc1ccc(-c2ccccc2)cc1. The molecular weight excluding hydrogens is 208 g/mol. The molecule has 0 saturated carbocycles. The molecule has 0 aliphatic heterocycles. The standard InChI is InChI=1S/C12H12N2.ClH/c13-14-12-8-6-11(7-9-12)10-4-2-1-3-5-10;/h1-9,14H,13H2;1H. The number of rotatable bonds is 2. The van der Waals surface area contributed by atoms with Crippen molar-refractivity contribution in [2.45, 2.75) is 0 Å². The fourth-order valence-electron chi connectivity index (χ4n) is 1.39. The Labute approximate surface area is 95.5 Å². The predicted octanol–water partition coefficient (Wildman–Crippen LogP) is 3.06. The summed E-state index contributed by atoms with van der Waals surface area (Å²) < 4.78 is 0. The molecule has 0 fully saturated rings. The van der Waals surface area contributed by atoms with Gasteiger partial charge in [-0.1, -0.05) is 42.5 Å². The summed E-state index contributed by atoms with van der Waals surface area (Å²) in [5.74, 6) is 5.29. The van der Waals surface area contributed by atoms with Gasteiger partial charge in [0.2, 0.25) is 0 Å². The number of nitrogens with two attached hydrogens (primary N) is 1. The summed E-state index contributed by atoms with van der Waals surface area (Å²) in [5.41, 5.74) is 5.94. The van der Waals surface area contributed by atoms with Gasteiger partial charge in [-0.05, 0) is 23.3 Å². The van der Waals surface area contributed by atoms with Crippen LogP contribution in [0.3, 0.4) is 0 Å². The first kappa shape index (κ1) is 11.6. The van der Waals surface area contributed by atoms with Crippen molar-refractivity contribution in [2.24, 2.45) is 5.84 Å². The molecule has 0 atom stereocenters. The fourth-order valence-corrected chi connectivity index (χ4v) is 1.39. The maximum atomic E-state index is 5.29. The van der Waals surface area contributed by atoms with E-state index in [1.165, 1.54) is 11.1 Å². The number of anilines is 1. The average Bonchev–Trinajstić information content (AvgIpc) is 2.30. The highest BCUT2D eigenvalue weighted by molar-refractivity contribution is 5.85. The second-order valence-corrected chi connectivity index (χ2v) is 3.09. The van der Waals surface area contributed by atoms with Crippen molar-refractivity contribution in [3.63, 3.8) is 0 Å². The summed E-state index contributed by atoms with van der Waals surface area (Å²) in [7, 11) is 0. The third-order valence-electron chi connectivity index (χ3n) is 2.16. The molecular formula is C12H13ClN2. The highest BCUT2D eigenvalue weighted by Gasteiger charge is 1.95. The zero-order valence-electron chi connectivity index (χ0n) is 8.18. The van der Waals surface area contributed by atoms with Gasteiger partial charge in [0.1, 0.15) is 0 Å². The van der Waals surface area contributed by atoms with E-state index < -0.39 is 0 Å². The Kier molecular flexibility index (Phi) is 4.16. The minimum Gasteiger partial charge on any atom is -0.324 e. The van der Waals surface area contributed by atoms with Crippen LogP contribution >= 0.6 is 12.4 Å². The van der Waals surface area contributed by atoms with Crippen LogP contribution in [0.15, 0.2) is 54.6 Å². The van der Waals surface area contributed by atoms with Crippen LogP contribution < -0.4 is 11.3 Å². The number of halogens is 1. The van der Waals surface area contributed by atoms with E-state index in [0.29, 0.717) is 0 Å². The molecule has 3 N–H and O–H groups in total. The first-order valence-corrected chi connectivity index (χ1v) is 4.52. The highest BCUT2D eigenvalue weighted by atomic mass is 35.5. The molecule has 78 valence electrons. The molecule has 2 nitrogen and oxygen atoms in total. The average molecular weight is 221 g/mol. The lowest BCUT2D eigenvalue weighted by Crippen LogP contribution is -2.05. The van der Waals surface area contributed by atoms with Crippen molar-refractivity contribution in [1.82, 2.24) is 0 Å². The van der Waals surface area contributed by atoms with E-state index in [1.54, 1.807) is 0 Å². The van der Waals surface area contributed by atoms with Crippen molar-refractivity contribution in [3.05, 3.63) is 54.6 Å². The molecule has 2 aromatic carbocycles. The third-order valence-corrected chi connectivity index (χ3v) is 2.16. The lowest BCUT2D eigenvalue weighted by Gasteiger charge is -2.03. The van der Waals surface area contributed by atoms with Crippen LogP contribution in [0.2, 0.25) is 0 Å². The van der Waals surface area contributed by atoms with E-state index in [0.717, 1.165) is 5.69 Å². The number of benzene rings is 2. The van der Waals surface area contributed by atoms with Crippen molar-refractivity contribution in [2.75, 3.05) is 5.43 Å². The van der Waals surface area contributed by atoms with Gasteiger partial charge in [0, 0.05) is 5.69 Å². The molecule has 3 heteroatoms. The Bertz CT molecular complexity index is 398. The Balaban J connectivity index is 0.00000112. The van der Waals surface area contributed by atoms with Gasteiger partial charge in [0.25, 0.3) is 0 Å².